The molecule has 4 heterocycles. The molecule has 2 aromatic heterocycles. The lowest BCUT2D eigenvalue weighted by Crippen LogP contribution is -2.54. The Balaban J connectivity index is 1.68. The highest BCUT2D eigenvalue weighted by Gasteiger charge is 2.62. The number of hydrogen-bond donors (Lipinski definition) is 1. The summed E-state index contributed by atoms with van der Waals surface area (Å²) in [6.45, 7) is 3.94. The summed E-state index contributed by atoms with van der Waals surface area (Å²) in [5, 5.41) is 0. The van der Waals surface area contributed by atoms with Crippen LogP contribution in [0.3, 0.4) is 0 Å². The third kappa shape index (κ3) is 4.92. The van der Waals surface area contributed by atoms with Crippen LogP contribution >= 0.6 is 0 Å². The zero-order valence-corrected chi connectivity index (χ0v) is 22.9. The van der Waals surface area contributed by atoms with Crippen molar-refractivity contribution in [2.24, 2.45) is 0 Å². The maximum absolute atomic E-state index is 14.0. The Morgan fingerprint density at radius 1 is 1.12 bits per heavy atom. The van der Waals surface area contributed by atoms with Gasteiger partial charge < -0.3 is 19.8 Å². The van der Waals surface area contributed by atoms with E-state index in [1.807, 2.05) is 0 Å². The summed E-state index contributed by atoms with van der Waals surface area (Å²) in [5.74, 6) is -1.37. The number of sulfonamides is 1. The fraction of sp³-hybridized carbons (Fsp3) is 0.500. The van der Waals surface area contributed by atoms with Crippen LogP contribution in [0, 0.1) is 6.92 Å². The van der Waals surface area contributed by atoms with Crippen LogP contribution in [0.5, 0.6) is 0 Å². The summed E-state index contributed by atoms with van der Waals surface area (Å²) in [6.07, 6.45) is -1.02. The highest BCUT2D eigenvalue weighted by Crippen LogP contribution is 2.43. The predicted molar refractivity (Wildman–Crippen MR) is 132 cm³/mol. The van der Waals surface area contributed by atoms with Gasteiger partial charge in [-0.15, -0.1) is 0 Å². The van der Waals surface area contributed by atoms with Crippen LogP contribution < -0.4 is 5.73 Å². The second-order valence-corrected chi connectivity index (χ2v) is 13.3. The number of anilines is 1. The standard InChI is InChI=1S/C22H25F3N6O7S2/c1-12-4-6-13(7-5-12)39(32,33)31-14(8-30-11-29-16-19(26)27-10-28-20(16)30)18(38-40(34,35)22(23,24)25)17-15(31)9-36-21(2,3)37-17/h4-7,10-11,14-15,17-18H,8-9H2,1-3H3,(H2,26,27,28)/t14-,15-,17+,18+/m0/s1. The van der Waals surface area contributed by atoms with E-state index in [1.165, 1.54) is 36.9 Å². The fourth-order valence-electron chi connectivity index (χ4n) is 4.86. The number of ether oxygens (including phenoxy) is 2. The van der Waals surface area contributed by atoms with Gasteiger partial charge in [-0.2, -0.15) is 25.9 Å². The molecule has 4 atom stereocenters. The number of aryl methyl sites for hydroxylation is 1. The highest BCUT2D eigenvalue weighted by molar-refractivity contribution is 7.89. The average Bonchev–Trinajstić information content (AvgIpc) is 3.38. The average molecular weight is 607 g/mol. The van der Waals surface area contributed by atoms with E-state index in [4.69, 9.17) is 19.4 Å². The van der Waals surface area contributed by atoms with Crippen LogP contribution in [-0.2, 0) is 40.3 Å². The van der Waals surface area contributed by atoms with Gasteiger partial charge in [-0.1, -0.05) is 17.7 Å². The van der Waals surface area contributed by atoms with E-state index in [0.717, 1.165) is 16.2 Å². The summed E-state index contributed by atoms with van der Waals surface area (Å²) in [6, 6.07) is 2.99. The van der Waals surface area contributed by atoms with E-state index in [0.29, 0.717) is 0 Å². The van der Waals surface area contributed by atoms with Crippen molar-refractivity contribution >= 4 is 37.1 Å². The first-order valence-corrected chi connectivity index (χ1v) is 14.7. The third-order valence-corrected chi connectivity index (χ3v) is 9.70. The van der Waals surface area contributed by atoms with Crippen molar-refractivity contribution in [3.8, 4) is 0 Å². The lowest BCUT2D eigenvalue weighted by atomic mass is 10.1. The molecule has 13 nitrogen and oxygen atoms in total. The Morgan fingerprint density at radius 3 is 2.45 bits per heavy atom. The van der Waals surface area contributed by atoms with E-state index in [1.54, 1.807) is 19.1 Å². The molecule has 2 fully saturated rings. The van der Waals surface area contributed by atoms with Crippen molar-refractivity contribution < 1.29 is 43.7 Å². The number of halogens is 3. The normalized spacial score (nSPS) is 25.8. The van der Waals surface area contributed by atoms with Crippen molar-refractivity contribution in [2.75, 3.05) is 12.3 Å². The third-order valence-electron chi connectivity index (χ3n) is 6.69. The van der Waals surface area contributed by atoms with Crippen molar-refractivity contribution in [2.45, 2.75) is 67.8 Å². The molecule has 40 heavy (non-hydrogen) atoms. The Labute approximate surface area is 227 Å². The summed E-state index contributed by atoms with van der Waals surface area (Å²) in [5.41, 5.74) is 1.14. The van der Waals surface area contributed by atoms with Crippen LogP contribution in [0.1, 0.15) is 19.4 Å². The topological polar surface area (TPSA) is 169 Å². The number of aromatic nitrogens is 4. The molecule has 1 aromatic carbocycles. The van der Waals surface area contributed by atoms with Crippen molar-refractivity contribution in [1.29, 1.82) is 0 Å². The molecule has 0 amide bonds. The molecule has 0 unspecified atom stereocenters. The van der Waals surface area contributed by atoms with E-state index in [9.17, 15) is 30.0 Å². The predicted octanol–water partition coefficient (Wildman–Crippen LogP) is 1.54. The highest BCUT2D eigenvalue weighted by atomic mass is 32.2. The molecule has 18 heteroatoms. The number of rotatable bonds is 6. The summed E-state index contributed by atoms with van der Waals surface area (Å²) in [7, 11) is -10.7. The van der Waals surface area contributed by atoms with Crippen molar-refractivity contribution in [3.05, 3.63) is 42.5 Å². The molecule has 0 saturated carbocycles. The number of nitrogen functional groups attached to an aromatic ring is 1. The molecular weight excluding hydrogens is 581 g/mol. The molecule has 218 valence electrons. The molecule has 0 radical (unpaired) electrons. The van der Waals surface area contributed by atoms with Crippen LogP contribution in [0.2, 0.25) is 0 Å². The smallest absolute Gasteiger partial charge is 0.382 e. The van der Waals surface area contributed by atoms with Gasteiger partial charge >= 0.3 is 15.6 Å². The van der Waals surface area contributed by atoms with E-state index < -0.39 is 62.3 Å². The van der Waals surface area contributed by atoms with Gasteiger partial charge in [-0.3, -0.25) is 4.18 Å². The Morgan fingerprint density at radius 2 is 1.80 bits per heavy atom. The molecule has 2 aliphatic heterocycles. The number of benzene rings is 1. The Bertz CT molecular complexity index is 1650. The minimum atomic E-state index is -6.18. The Hall–Kier alpha value is -2.90. The molecule has 2 saturated heterocycles. The van der Waals surface area contributed by atoms with Gasteiger partial charge in [0, 0.05) is 6.54 Å². The van der Waals surface area contributed by atoms with Crippen LogP contribution in [0.25, 0.3) is 11.2 Å². The largest absolute Gasteiger partial charge is 0.523 e. The van der Waals surface area contributed by atoms with Crippen LogP contribution in [0.15, 0.2) is 41.8 Å². The first-order valence-electron chi connectivity index (χ1n) is 11.8. The summed E-state index contributed by atoms with van der Waals surface area (Å²) in [4.78, 5) is 11.9. The van der Waals surface area contributed by atoms with Gasteiger partial charge in [-0.05, 0) is 32.9 Å². The van der Waals surface area contributed by atoms with Gasteiger partial charge in [0.25, 0.3) is 0 Å². The van der Waals surface area contributed by atoms with Crippen molar-refractivity contribution in [1.82, 2.24) is 23.8 Å². The van der Waals surface area contributed by atoms with Gasteiger partial charge in [0.05, 0.1) is 29.9 Å². The lowest BCUT2D eigenvalue weighted by Gasteiger charge is -2.40. The minimum absolute atomic E-state index is 0.0129. The zero-order valence-electron chi connectivity index (χ0n) is 21.3. The summed E-state index contributed by atoms with van der Waals surface area (Å²) < 4.78 is 112. The maximum atomic E-state index is 14.0. The lowest BCUT2D eigenvalue weighted by molar-refractivity contribution is -0.288. The molecular formula is C22H25F3N6O7S2. The number of nitrogens with two attached hydrogens (primary N) is 1. The molecule has 3 aromatic rings. The number of imidazole rings is 1. The number of nitrogens with zero attached hydrogens (tertiary/aromatic N) is 5. The second-order valence-electron chi connectivity index (χ2n) is 9.86. The molecule has 5 rings (SSSR count). The molecule has 0 spiro atoms. The first kappa shape index (κ1) is 28.6. The number of hydrogen-bond acceptors (Lipinski definition) is 11. The van der Waals surface area contributed by atoms with Gasteiger partial charge in [0.15, 0.2) is 17.3 Å². The monoisotopic (exact) mass is 606 g/mol. The van der Waals surface area contributed by atoms with Gasteiger partial charge in [0.2, 0.25) is 10.0 Å². The SMILES string of the molecule is Cc1ccc(S(=O)(=O)N2[C@H]3COC(C)(C)O[C@H]3[C@H](OS(=O)(=O)C(F)(F)F)[C@@H]2Cn2cnc3c(N)ncnc32)cc1. The minimum Gasteiger partial charge on any atom is -0.382 e. The van der Waals surface area contributed by atoms with Gasteiger partial charge in [0.1, 0.15) is 24.1 Å². The Kier molecular flexibility index (Phi) is 6.86. The molecule has 0 bridgehead atoms. The van der Waals surface area contributed by atoms with Crippen LogP contribution in [-0.4, -0.2) is 82.9 Å². The number of fused-ring (bicyclic) bond motifs is 2. The fourth-order valence-corrected chi connectivity index (χ4v) is 7.30. The zero-order chi connectivity index (χ0) is 29.3. The van der Waals surface area contributed by atoms with E-state index in [2.05, 4.69) is 15.0 Å². The quantitative estimate of drug-likeness (QED) is 0.319. The molecule has 2 aliphatic rings. The second kappa shape index (κ2) is 9.59. The summed E-state index contributed by atoms with van der Waals surface area (Å²) >= 11 is 0. The van der Waals surface area contributed by atoms with Gasteiger partial charge in [-0.25, -0.2) is 23.4 Å². The molecule has 2 N–H and O–H groups in total. The first-order chi connectivity index (χ1) is 18.5. The van der Waals surface area contributed by atoms with E-state index >= 15 is 0 Å². The van der Waals surface area contributed by atoms with Crippen molar-refractivity contribution in [3.63, 3.8) is 0 Å². The number of alkyl halides is 3. The van der Waals surface area contributed by atoms with E-state index in [-0.39, 0.29) is 28.5 Å². The molecule has 0 aliphatic carbocycles. The van der Waals surface area contributed by atoms with Crippen LogP contribution in [0.4, 0.5) is 19.0 Å². The maximum Gasteiger partial charge on any atom is 0.523 e.